The van der Waals surface area contributed by atoms with Crippen LogP contribution in [0.5, 0.6) is 0 Å². The van der Waals surface area contributed by atoms with Crippen molar-refractivity contribution in [2.24, 2.45) is 0 Å². The summed E-state index contributed by atoms with van der Waals surface area (Å²) in [6.45, 7) is 6.52. The first-order valence-electron chi connectivity index (χ1n) is 9.12. The van der Waals surface area contributed by atoms with Gasteiger partial charge in [-0.25, -0.2) is 4.98 Å². The molecule has 0 radical (unpaired) electrons. The van der Waals surface area contributed by atoms with E-state index in [1.807, 2.05) is 49.6 Å². The first kappa shape index (κ1) is 18.4. The summed E-state index contributed by atoms with van der Waals surface area (Å²) in [6.07, 6.45) is 1.26. The first-order chi connectivity index (χ1) is 12.5. The molecule has 26 heavy (non-hydrogen) atoms. The van der Waals surface area contributed by atoms with Crippen molar-refractivity contribution in [3.05, 3.63) is 30.1 Å². The lowest BCUT2D eigenvalue weighted by atomic mass is 10.2. The topological polar surface area (TPSA) is 85.2 Å². The number of para-hydroxylation sites is 2. The van der Waals surface area contributed by atoms with Crippen LogP contribution in [-0.2, 0) is 20.9 Å². The van der Waals surface area contributed by atoms with Crippen molar-refractivity contribution in [2.45, 2.75) is 58.3 Å². The molecule has 7 heteroatoms. The molecule has 1 aliphatic heterocycles. The minimum absolute atomic E-state index is 0.0670. The molecule has 1 saturated heterocycles. The molecule has 2 N–H and O–H groups in total. The highest BCUT2D eigenvalue weighted by molar-refractivity contribution is 5.83. The molecule has 140 valence electrons. The van der Waals surface area contributed by atoms with Crippen LogP contribution in [0.15, 0.2) is 24.3 Å². The lowest BCUT2D eigenvalue weighted by molar-refractivity contribution is -0.130. The Balaban J connectivity index is 1.84. The number of hydrogen-bond donors (Lipinski definition) is 2. The molecule has 2 atom stereocenters. The second-order valence-electron chi connectivity index (χ2n) is 7.00. The normalized spacial score (nSPS) is 18.2. The van der Waals surface area contributed by atoms with Gasteiger partial charge < -0.3 is 19.9 Å². The van der Waals surface area contributed by atoms with Crippen LogP contribution in [0.1, 0.15) is 45.5 Å². The standard InChI is InChI=1S/C19H26N4O3/c1-12(2)20-17(24)11-23-15-8-5-4-7-14(15)22-18(23)13(3)21-19(25)16-9-6-10-26-16/h4-5,7-8,12-13,16H,6,9-11H2,1-3H3,(H,20,24)(H,21,25). The summed E-state index contributed by atoms with van der Waals surface area (Å²) >= 11 is 0. The van der Waals surface area contributed by atoms with Crippen LogP contribution in [0.3, 0.4) is 0 Å². The molecule has 2 heterocycles. The molecule has 1 aliphatic rings. The summed E-state index contributed by atoms with van der Waals surface area (Å²) in [6, 6.07) is 7.41. The Morgan fingerprint density at radius 3 is 2.73 bits per heavy atom. The number of fused-ring (bicyclic) bond motifs is 1. The Labute approximate surface area is 153 Å². The van der Waals surface area contributed by atoms with Crippen LogP contribution >= 0.6 is 0 Å². The minimum Gasteiger partial charge on any atom is -0.368 e. The van der Waals surface area contributed by atoms with E-state index in [0.717, 1.165) is 23.9 Å². The number of imidazole rings is 1. The SMILES string of the molecule is CC(C)NC(=O)Cn1c(C(C)NC(=O)C2CCCO2)nc2ccccc21. The van der Waals surface area contributed by atoms with Crippen molar-refractivity contribution >= 4 is 22.8 Å². The number of rotatable bonds is 6. The fourth-order valence-electron chi connectivity index (χ4n) is 3.26. The van der Waals surface area contributed by atoms with Gasteiger partial charge in [-0.15, -0.1) is 0 Å². The second-order valence-corrected chi connectivity index (χ2v) is 7.00. The smallest absolute Gasteiger partial charge is 0.249 e. The average molecular weight is 358 g/mol. The number of carbonyl (C=O) groups excluding carboxylic acids is 2. The van der Waals surface area contributed by atoms with Gasteiger partial charge in [-0.1, -0.05) is 12.1 Å². The molecule has 7 nitrogen and oxygen atoms in total. The molecule has 2 amide bonds. The largest absolute Gasteiger partial charge is 0.368 e. The van der Waals surface area contributed by atoms with E-state index in [1.54, 1.807) is 0 Å². The third kappa shape index (κ3) is 4.04. The monoisotopic (exact) mass is 358 g/mol. The maximum absolute atomic E-state index is 12.4. The van der Waals surface area contributed by atoms with E-state index in [9.17, 15) is 9.59 Å². The van der Waals surface area contributed by atoms with E-state index < -0.39 is 0 Å². The van der Waals surface area contributed by atoms with Gasteiger partial charge in [-0.3, -0.25) is 9.59 Å². The van der Waals surface area contributed by atoms with E-state index in [2.05, 4.69) is 15.6 Å². The average Bonchev–Trinajstić information content (AvgIpc) is 3.22. The molecule has 1 aromatic heterocycles. The Morgan fingerprint density at radius 1 is 1.27 bits per heavy atom. The van der Waals surface area contributed by atoms with Crippen LogP contribution in [0.4, 0.5) is 0 Å². The summed E-state index contributed by atoms with van der Waals surface area (Å²) in [4.78, 5) is 29.3. The molecule has 2 aromatic rings. The van der Waals surface area contributed by atoms with Gasteiger partial charge in [0.1, 0.15) is 18.5 Å². The van der Waals surface area contributed by atoms with Crippen molar-refractivity contribution in [3.63, 3.8) is 0 Å². The van der Waals surface area contributed by atoms with Gasteiger partial charge in [-0.2, -0.15) is 0 Å². The lowest BCUT2D eigenvalue weighted by Gasteiger charge is -2.18. The molecular formula is C19H26N4O3. The van der Waals surface area contributed by atoms with Crippen molar-refractivity contribution in [1.29, 1.82) is 0 Å². The molecule has 0 spiro atoms. The summed E-state index contributed by atoms with van der Waals surface area (Å²) in [7, 11) is 0. The van der Waals surface area contributed by atoms with Crippen LogP contribution in [0, 0.1) is 0 Å². The molecular weight excluding hydrogens is 332 g/mol. The number of hydrogen-bond acceptors (Lipinski definition) is 4. The quantitative estimate of drug-likeness (QED) is 0.826. The van der Waals surface area contributed by atoms with Gasteiger partial charge in [0.15, 0.2) is 0 Å². The summed E-state index contributed by atoms with van der Waals surface area (Å²) in [5, 5.41) is 5.88. The van der Waals surface area contributed by atoms with Crippen LogP contribution < -0.4 is 10.6 Å². The maximum atomic E-state index is 12.4. The molecule has 3 rings (SSSR count). The van der Waals surface area contributed by atoms with E-state index in [1.165, 1.54) is 0 Å². The molecule has 1 aromatic carbocycles. The molecule has 2 unspecified atom stereocenters. The van der Waals surface area contributed by atoms with Gasteiger partial charge in [0, 0.05) is 12.6 Å². The molecule has 0 saturated carbocycles. The Kier molecular flexibility index (Phi) is 5.56. The Morgan fingerprint density at radius 2 is 2.04 bits per heavy atom. The maximum Gasteiger partial charge on any atom is 0.249 e. The van der Waals surface area contributed by atoms with Gasteiger partial charge >= 0.3 is 0 Å². The van der Waals surface area contributed by atoms with Crippen molar-refractivity contribution in [3.8, 4) is 0 Å². The molecule has 1 fully saturated rings. The highest BCUT2D eigenvalue weighted by atomic mass is 16.5. The molecule has 0 bridgehead atoms. The van der Waals surface area contributed by atoms with Crippen LogP contribution in [-0.4, -0.2) is 40.1 Å². The predicted molar refractivity (Wildman–Crippen MR) is 98.5 cm³/mol. The Hall–Kier alpha value is -2.41. The fourth-order valence-corrected chi connectivity index (χ4v) is 3.26. The van der Waals surface area contributed by atoms with Gasteiger partial charge in [0.25, 0.3) is 0 Å². The summed E-state index contributed by atoms with van der Waals surface area (Å²) in [5.74, 6) is 0.457. The number of amides is 2. The first-order valence-corrected chi connectivity index (χ1v) is 9.12. The zero-order chi connectivity index (χ0) is 18.7. The van der Waals surface area contributed by atoms with Gasteiger partial charge in [-0.05, 0) is 45.7 Å². The third-order valence-corrected chi connectivity index (χ3v) is 4.40. The van der Waals surface area contributed by atoms with Crippen molar-refractivity contribution < 1.29 is 14.3 Å². The number of nitrogens with zero attached hydrogens (tertiary/aromatic N) is 2. The zero-order valence-corrected chi connectivity index (χ0v) is 15.5. The summed E-state index contributed by atoms with van der Waals surface area (Å²) < 4.78 is 7.31. The van der Waals surface area contributed by atoms with Crippen molar-refractivity contribution in [2.75, 3.05) is 6.61 Å². The van der Waals surface area contributed by atoms with E-state index >= 15 is 0 Å². The number of aromatic nitrogens is 2. The number of carbonyl (C=O) groups is 2. The summed E-state index contributed by atoms with van der Waals surface area (Å²) in [5.41, 5.74) is 1.68. The third-order valence-electron chi connectivity index (χ3n) is 4.40. The highest BCUT2D eigenvalue weighted by Crippen LogP contribution is 2.22. The van der Waals surface area contributed by atoms with Crippen molar-refractivity contribution in [1.82, 2.24) is 20.2 Å². The minimum atomic E-state index is -0.389. The molecule has 0 aliphatic carbocycles. The number of nitrogens with one attached hydrogen (secondary N) is 2. The van der Waals surface area contributed by atoms with E-state index in [0.29, 0.717) is 12.4 Å². The fraction of sp³-hybridized carbons (Fsp3) is 0.526. The van der Waals surface area contributed by atoms with E-state index in [4.69, 9.17) is 4.74 Å². The predicted octanol–water partition coefficient (Wildman–Crippen LogP) is 1.92. The second kappa shape index (κ2) is 7.86. The Bertz CT molecular complexity index is 793. The number of ether oxygens (including phenoxy) is 1. The van der Waals surface area contributed by atoms with Gasteiger partial charge in [0.2, 0.25) is 11.8 Å². The van der Waals surface area contributed by atoms with E-state index in [-0.39, 0.29) is 36.5 Å². The zero-order valence-electron chi connectivity index (χ0n) is 15.5. The highest BCUT2D eigenvalue weighted by Gasteiger charge is 2.27. The van der Waals surface area contributed by atoms with Crippen LogP contribution in [0.25, 0.3) is 11.0 Å². The van der Waals surface area contributed by atoms with Gasteiger partial charge in [0.05, 0.1) is 17.1 Å². The van der Waals surface area contributed by atoms with Crippen LogP contribution in [0.2, 0.25) is 0 Å². The number of benzene rings is 1. The lowest BCUT2D eigenvalue weighted by Crippen LogP contribution is -2.38.